The molecule has 180 valence electrons. The fourth-order valence-electron chi connectivity index (χ4n) is 4.19. The molecule has 10 heteroatoms. The molecule has 0 radical (unpaired) electrons. The van der Waals surface area contributed by atoms with Crippen LogP contribution < -0.4 is 16.0 Å². The lowest BCUT2D eigenvalue weighted by molar-refractivity contribution is -0.131. The van der Waals surface area contributed by atoms with Crippen LogP contribution in [0.1, 0.15) is 31.2 Å². The maximum Gasteiger partial charge on any atom is 0.331 e. The molecule has 1 saturated heterocycles. The average molecular weight is 485 g/mol. The van der Waals surface area contributed by atoms with Gasteiger partial charge in [-0.05, 0) is 50.1 Å². The molecular weight excluding hydrogens is 456 g/mol. The van der Waals surface area contributed by atoms with Crippen molar-refractivity contribution in [1.29, 1.82) is 0 Å². The molecule has 1 aromatic heterocycles. The summed E-state index contributed by atoms with van der Waals surface area (Å²) in [6.07, 6.45) is 3.89. The Bertz CT molecular complexity index is 1450. The predicted molar refractivity (Wildman–Crippen MR) is 130 cm³/mol. The quantitative estimate of drug-likeness (QED) is 0.597. The minimum Gasteiger partial charge on any atom is -0.341 e. The molecule has 9 nitrogen and oxygen atoms in total. The topological polar surface area (TPSA) is 110 Å². The van der Waals surface area contributed by atoms with E-state index in [1.807, 2.05) is 6.92 Å². The first kappa shape index (κ1) is 23.7. The highest BCUT2D eigenvalue weighted by Gasteiger charge is 2.21. The Morgan fingerprint density at radius 2 is 1.62 bits per heavy atom. The second-order valence-corrected chi connectivity index (χ2v) is 10.4. The number of amides is 1. The largest absolute Gasteiger partial charge is 0.341 e. The van der Waals surface area contributed by atoms with Crippen molar-refractivity contribution in [3.63, 3.8) is 0 Å². The summed E-state index contributed by atoms with van der Waals surface area (Å²) < 4.78 is 30.5. The number of nitrogens with one attached hydrogen (secondary N) is 1. The van der Waals surface area contributed by atoms with Gasteiger partial charge in [0.2, 0.25) is 5.91 Å². The molecule has 0 saturated carbocycles. The van der Waals surface area contributed by atoms with E-state index in [-0.39, 0.29) is 22.7 Å². The standard InChI is InChI=1S/C24H28N4O5S/c1-17-7-9-18(10-8-17)25-34(32,33)19-11-12-21-20(15-19)23(30)28(24(31)26(21)2)16-22(29)27-13-5-3-4-6-14-27/h7-12,15,25H,3-6,13-14,16H2,1-2H3. The molecule has 4 rings (SSSR count). The van der Waals surface area contributed by atoms with Crippen LogP contribution in [0.15, 0.2) is 56.9 Å². The van der Waals surface area contributed by atoms with Crippen LogP contribution in [0.5, 0.6) is 0 Å². The van der Waals surface area contributed by atoms with Crippen LogP contribution in [0.25, 0.3) is 10.9 Å². The molecule has 0 bridgehead atoms. The molecule has 1 aliphatic rings. The first-order valence-corrected chi connectivity index (χ1v) is 12.8. The summed E-state index contributed by atoms with van der Waals surface area (Å²) in [6.45, 7) is 2.73. The lowest BCUT2D eigenvalue weighted by Gasteiger charge is -2.21. The highest BCUT2D eigenvalue weighted by molar-refractivity contribution is 7.92. The van der Waals surface area contributed by atoms with Crippen LogP contribution in [0.3, 0.4) is 0 Å². The summed E-state index contributed by atoms with van der Waals surface area (Å²) in [5.74, 6) is -0.287. The number of aromatic nitrogens is 2. The van der Waals surface area contributed by atoms with E-state index in [0.29, 0.717) is 24.3 Å². The first-order chi connectivity index (χ1) is 16.2. The Morgan fingerprint density at radius 1 is 0.971 bits per heavy atom. The maximum atomic E-state index is 13.2. The van der Waals surface area contributed by atoms with Gasteiger partial charge in [-0.3, -0.25) is 23.4 Å². The van der Waals surface area contributed by atoms with Gasteiger partial charge in [0.15, 0.2) is 0 Å². The Labute approximate surface area is 197 Å². The molecule has 34 heavy (non-hydrogen) atoms. The zero-order valence-electron chi connectivity index (χ0n) is 19.3. The molecule has 1 amide bonds. The smallest absolute Gasteiger partial charge is 0.331 e. The second-order valence-electron chi connectivity index (χ2n) is 8.68. The van der Waals surface area contributed by atoms with Crippen LogP contribution in [-0.2, 0) is 28.4 Å². The van der Waals surface area contributed by atoms with E-state index in [4.69, 9.17) is 0 Å². The number of nitrogens with zero attached hydrogens (tertiary/aromatic N) is 3. The van der Waals surface area contributed by atoms with E-state index in [9.17, 15) is 22.8 Å². The second kappa shape index (κ2) is 9.46. The van der Waals surface area contributed by atoms with Crippen molar-refractivity contribution < 1.29 is 13.2 Å². The van der Waals surface area contributed by atoms with Gasteiger partial charge in [-0.15, -0.1) is 0 Å². The van der Waals surface area contributed by atoms with Gasteiger partial charge >= 0.3 is 5.69 Å². The normalized spacial score (nSPS) is 14.7. The molecule has 0 spiro atoms. The minimum atomic E-state index is -3.98. The minimum absolute atomic E-state index is 0.0533. The van der Waals surface area contributed by atoms with Crippen LogP contribution in [0.4, 0.5) is 5.69 Å². The molecule has 1 fully saturated rings. The Kier molecular flexibility index (Phi) is 6.60. The van der Waals surface area contributed by atoms with E-state index in [0.717, 1.165) is 35.8 Å². The SMILES string of the molecule is Cc1ccc(NS(=O)(=O)c2ccc3c(c2)c(=O)n(CC(=O)N2CCCCCC2)c(=O)n3C)cc1. The number of benzene rings is 2. The number of fused-ring (bicyclic) bond motifs is 1. The molecule has 0 atom stereocenters. The van der Waals surface area contributed by atoms with Gasteiger partial charge in [-0.1, -0.05) is 30.5 Å². The highest BCUT2D eigenvalue weighted by atomic mass is 32.2. The van der Waals surface area contributed by atoms with E-state index in [1.54, 1.807) is 29.2 Å². The van der Waals surface area contributed by atoms with E-state index in [2.05, 4.69) is 4.72 Å². The zero-order chi connectivity index (χ0) is 24.5. The number of likely N-dealkylation sites (tertiary alicyclic amines) is 1. The van der Waals surface area contributed by atoms with Crippen molar-refractivity contribution >= 4 is 32.5 Å². The molecule has 0 unspecified atom stereocenters. The average Bonchev–Trinajstić information content (AvgIpc) is 3.11. The summed E-state index contributed by atoms with van der Waals surface area (Å²) in [5.41, 5.74) is 0.377. The Hall–Kier alpha value is -3.40. The molecule has 2 heterocycles. The maximum absolute atomic E-state index is 13.2. The molecule has 3 aromatic rings. The Morgan fingerprint density at radius 3 is 2.26 bits per heavy atom. The molecule has 0 aliphatic carbocycles. The first-order valence-electron chi connectivity index (χ1n) is 11.3. The lowest BCUT2D eigenvalue weighted by atomic mass is 10.2. The van der Waals surface area contributed by atoms with Crippen LogP contribution >= 0.6 is 0 Å². The highest BCUT2D eigenvalue weighted by Crippen LogP contribution is 2.20. The summed E-state index contributed by atoms with van der Waals surface area (Å²) in [4.78, 5) is 40.5. The van der Waals surface area contributed by atoms with Crippen molar-refractivity contribution in [3.05, 3.63) is 68.9 Å². The van der Waals surface area contributed by atoms with Crippen molar-refractivity contribution in [1.82, 2.24) is 14.0 Å². The molecule has 1 N–H and O–H groups in total. The number of anilines is 1. The van der Waals surface area contributed by atoms with Crippen LogP contribution in [-0.4, -0.2) is 41.4 Å². The van der Waals surface area contributed by atoms with Crippen molar-refractivity contribution in [2.45, 2.75) is 44.0 Å². The number of rotatable bonds is 5. The van der Waals surface area contributed by atoms with Gasteiger partial charge < -0.3 is 4.90 Å². The monoisotopic (exact) mass is 484 g/mol. The van der Waals surface area contributed by atoms with E-state index < -0.39 is 21.3 Å². The fraction of sp³-hybridized carbons (Fsp3) is 0.375. The van der Waals surface area contributed by atoms with Gasteiger partial charge in [0.1, 0.15) is 6.54 Å². The lowest BCUT2D eigenvalue weighted by Crippen LogP contribution is -2.44. The number of carbonyl (C=O) groups is 1. The van der Waals surface area contributed by atoms with Crippen LogP contribution in [0.2, 0.25) is 0 Å². The van der Waals surface area contributed by atoms with Crippen molar-refractivity contribution in [2.24, 2.45) is 7.05 Å². The Balaban J connectivity index is 1.72. The summed E-state index contributed by atoms with van der Waals surface area (Å²) in [5, 5.41) is 0.0533. The van der Waals surface area contributed by atoms with Crippen molar-refractivity contribution in [3.8, 4) is 0 Å². The third kappa shape index (κ3) is 4.77. The van der Waals surface area contributed by atoms with Gasteiger partial charge in [-0.2, -0.15) is 0 Å². The van der Waals surface area contributed by atoms with Gasteiger partial charge in [0.25, 0.3) is 15.6 Å². The number of carbonyl (C=O) groups excluding carboxylic acids is 1. The van der Waals surface area contributed by atoms with E-state index in [1.165, 1.54) is 29.8 Å². The zero-order valence-corrected chi connectivity index (χ0v) is 20.1. The molecular formula is C24H28N4O5S. The van der Waals surface area contributed by atoms with Crippen LogP contribution in [0, 0.1) is 6.92 Å². The summed E-state index contributed by atoms with van der Waals surface area (Å²) in [6, 6.07) is 10.9. The number of hydrogen-bond acceptors (Lipinski definition) is 5. The van der Waals surface area contributed by atoms with Gasteiger partial charge in [0.05, 0.1) is 15.8 Å². The molecule has 1 aliphatic heterocycles. The van der Waals surface area contributed by atoms with E-state index >= 15 is 0 Å². The number of aryl methyl sites for hydroxylation is 2. The van der Waals surface area contributed by atoms with Crippen molar-refractivity contribution in [2.75, 3.05) is 17.8 Å². The fourth-order valence-corrected chi connectivity index (χ4v) is 5.28. The summed E-state index contributed by atoms with van der Waals surface area (Å²) >= 11 is 0. The number of sulfonamides is 1. The molecule has 2 aromatic carbocycles. The van der Waals surface area contributed by atoms with Gasteiger partial charge in [0, 0.05) is 25.8 Å². The number of hydrogen-bond donors (Lipinski definition) is 1. The summed E-state index contributed by atoms with van der Waals surface area (Å²) in [7, 11) is -2.48. The third-order valence-corrected chi connectivity index (χ3v) is 7.57. The third-order valence-electron chi connectivity index (χ3n) is 6.19. The van der Waals surface area contributed by atoms with Gasteiger partial charge in [-0.25, -0.2) is 13.2 Å². The predicted octanol–water partition coefficient (Wildman–Crippen LogP) is 2.21.